The molecular weight excluding hydrogens is 126 g/mol. The molecular formula is C8H17NO. The second-order valence-electron chi connectivity index (χ2n) is 3.04. The summed E-state index contributed by atoms with van der Waals surface area (Å²) in [5.41, 5.74) is 5.77. The van der Waals surface area contributed by atoms with Gasteiger partial charge in [-0.15, -0.1) is 0 Å². The van der Waals surface area contributed by atoms with Gasteiger partial charge in [0.25, 0.3) is 0 Å². The molecule has 60 valence electrons. The second-order valence-corrected chi connectivity index (χ2v) is 3.04. The summed E-state index contributed by atoms with van der Waals surface area (Å²) in [5, 5.41) is 0. The molecule has 2 heteroatoms. The first-order valence-electron chi connectivity index (χ1n) is 4.20. The van der Waals surface area contributed by atoms with Crippen LogP contribution in [0.4, 0.5) is 0 Å². The Morgan fingerprint density at radius 1 is 1.70 bits per heavy atom. The first kappa shape index (κ1) is 8.02. The summed E-state index contributed by atoms with van der Waals surface area (Å²) in [4.78, 5) is 0. The number of rotatable bonds is 3. The molecule has 1 saturated heterocycles. The maximum atomic E-state index is 5.77. The zero-order valence-corrected chi connectivity index (χ0v) is 6.68. The molecule has 10 heavy (non-hydrogen) atoms. The molecule has 1 fully saturated rings. The molecule has 2 atom stereocenters. The summed E-state index contributed by atoms with van der Waals surface area (Å²) in [7, 11) is 0. The lowest BCUT2D eigenvalue weighted by atomic mass is 10.1. The van der Waals surface area contributed by atoms with Gasteiger partial charge in [-0.2, -0.15) is 0 Å². The van der Waals surface area contributed by atoms with Gasteiger partial charge in [0.2, 0.25) is 0 Å². The van der Waals surface area contributed by atoms with Crippen LogP contribution in [-0.4, -0.2) is 18.8 Å². The third kappa shape index (κ3) is 2.27. The number of ether oxygens (including phenoxy) is 1. The van der Waals surface area contributed by atoms with E-state index in [0.717, 1.165) is 19.4 Å². The molecule has 2 N–H and O–H groups in total. The van der Waals surface area contributed by atoms with Crippen LogP contribution in [0.15, 0.2) is 0 Å². The number of hydrogen-bond donors (Lipinski definition) is 1. The van der Waals surface area contributed by atoms with E-state index in [1.165, 1.54) is 12.8 Å². The summed E-state index contributed by atoms with van der Waals surface area (Å²) in [6, 6.07) is 0.350. The lowest BCUT2D eigenvalue weighted by Gasteiger charge is -2.13. The van der Waals surface area contributed by atoms with Crippen LogP contribution in [0.5, 0.6) is 0 Å². The Morgan fingerprint density at radius 3 is 3.00 bits per heavy atom. The molecule has 1 rings (SSSR count). The Morgan fingerprint density at radius 2 is 2.50 bits per heavy atom. The van der Waals surface area contributed by atoms with Crippen LogP contribution in [0.2, 0.25) is 0 Å². The Bertz CT molecular complexity index is 89.3. The highest BCUT2D eigenvalue weighted by Crippen LogP contribution is 2.16. The van der Waals surface area contributed by atoms with Crippen molar-refractivity contribution in [2.75, 3.05) is 6.61 Å². The lowest BCUT2D eigenvalue weighted by Crippen LogP contribution is -2.24. The van der Waals surface area contributed by atoms with Crippen molar-refractivity contribution in [3.05, 3.63) is 0 Å². The van der Waals surface area contributed by atoms with Gasteiger partial charge in [-0.05, 0) is 25.7 Å². The van der Waals surface area contributed by atoms with Crippen LogP contribution in [0, 0.1) is 0 Å². The van der Waals surface area contributed by atoms with E-state index in [1.54, 1.807) is 0 Å². The normalized spacial score (nSPS) is 28.8. The summed E-state index contributed by atoms with van der Waals surface area (Å²) in [6.07, 6.45) is 5.03. The Kier molecular flexibility index (Phi) is 3.16. The van der Waals surface area contributed by atoms with Crippen LogP contribution in [0.25, 0.3) is 0 Å². The van der Waals surface area contributed by atoms with Crippen molar-refractivity contribution >= 4 is 0 Å². The maximum Gasteiger partial charge on any atom is 0.0590 e. The molecule has 0 aliphatic carbocycles. The van der Waals surface area contributed by atoms with E-state index in [0.29, 0.717) is 12.1 Å². The predicted molar refractivity (Wildman–Crippen MR) is 41.9 cm³/mol. The lowest BCUT2D eigenvalue weighted by molar-refractivity contribution is 0.0980. The van der Waals surface area contributed by atoms with E-state index in [2.05, 4.69) is 6.92 Å². The zero-order chi connectivity index (χ0) is 7.40. The van der Waals surface area contributed by atoms with E-state index >= 15 is 0 Å². The molecule has 1 unspecified atom stereocenters. The fourth-order valence-electron chi connectivity index (χ4n) is 1.33. The van der Waals surface area contributed by atoms with Gasteiger partial charge in [-0.25, -0.2) is 0 Å². The predicted octanol–water partition coefficient (Wildman–Crippen LogP) is 1.29. The van der Waals surface area contributed by atoms with Crippen LogP contribution >= 0.6 is 0 Å². The van der Waals surface area contributed by atoms with Crippen molar-refractivity contribution in [2.24, 2.45) is 5.73 Å². The van der Waals surface area contributed by atoms with E-state index in [9.17, 15) is 0 Å². The third-order valence-corrected chi connectivity index (χ3v) is 2.11. The average molecular weight is 143 g/mol. The highest BCUT2D eigenvalue weighted by Gasteiger charge is 2.17. The minimum atomic E-state index is 0.350. The summed E-state index contributed by atoms with van der Waals surface area (Å²) in [6.45, 7) is 3.07. The molecule has 2 nitrogen and oxygen atoms in total. The van der Waals surface area contributed by atoms with Gasteiger partial charge in [-0.3, -0.25) is 0 Å². The van der Waals surface area contributed by atoms with Crippen molar-refractivity contribution in [3.63, 3.8) is 0 Å². The van der Waals surface area contributed by atoms with Gasteiger partial charge in [0, 0.05) is 12.6 Å². The minimum Gasteiger partial charge on any atom is -0.378 e. The van der Waals surface area contributed by atoms with Gasteiger partial charge in [0.15, 0.2) is 0 Å². The molecule has 0 aromatic rings. The van der Waals surface area contributed by atoms with Crippen LogP contribution in [0.1, 0.15) is 32.6 Å². The van der Waals surface area contributed by atoms with Crippen molar-refractivity contribution in [2.45, 2.75) is 44.8 Å². The van der Waals surface area contributed by atoms with Crippen LogP contribution in [0.3, 0.4) is 0 Å². The summed E-state index contributed by atoms with van der Waals surface area (Å²) in [5.74, 6) is 0. The van der Waals surface area contributed by atoms with Crippen LogP contribution < -0.4 is 5.73 Å². The molecule has 1 heterocycles. The fourth-order valence-corrected chi connectivity index (χ4v) is 1.33. The summed E-state index contributed by atoms with van der Waals surface area (Å²) >= 11 is 0. The standard InChI is InChI=1S/C8H17NO/c1-2-7(9)6-8-4-3-5-10-8/h7-8H,2-6,9H2,1H3/t7-,8?/m0/s1. The smallest absolute Gasteiger partial charge is 0.0590 e. The molecule has 0 aromatic heterocycles. The Hall–Kier alpha value is -0.0800. The fraction of sp³-hybridized carbons (Fsp3) is 1.00. The van der Waals surface area contributed by atoms with E-state index in [-0.39, 0.29) is 0 Å². The van der Waals surface area contributed by atoms with E-state index in [4.69, 9.17) is 10.5 Å². The largest absolute Gasteiger partial charge is 0.378 e. The SMILES string of the molecule is CC[C@H](N)CC1CCCO1. The quantitative estimate of drug-likeness (QED) is 0.646. The van der Waals surface area contributed by atoms with Crippen molar-refractivity contribution in [1.29, 1.82) is 0 Å². The monoisotopic (exact) mass is 143 g/mol. The van der Waals surface area contributed by atoms with Gasteiger partial charge >= 0.3 is 0 Å². The van der Waals surface area contributed by atoms with Gasteiger partial charge in [-0.1, -0.05) is 6.92 Å². The summed E-state index contributed by atoms with van der Waals surface area (Å²) < 4.78 is 5.45. The van der Waals surface area contributed by atoms with Crippen molar-refractivity contribution in [3.8, 4) is 0 Å². The first-order chi connectivity index (χ1) is 4.83. The topological polar surface area (TPSA) is 35.2 Å². The van der Waals surface area contributed by atoms with Gasteiger partial charge < -0.3 is 10.5 Å². The Balaban J connectivity index is 2.11. The third-order valence-electron chi connectivity index (χ3n) is 2.11. The molecule has 1 aliphatic rings. The van der Waals surface area contributed by atoms with E-state index < -0.39 is 0 Å². The maximum absolute atomic E-state index is 5.77. The Labute approximate surface area is 62.7 Å². The molecule has 1 aliphatic heterocycles. The molecule has 0 aromatic carbocycles. The molecule has 0 bridgehead atoms. The highest BCUT2D eigenvalue weighted by molar-refractivity contribution is 4.70. The van der Waals surface area contributed by atoms with Crippen LogP contribution in [-0.2, 0) is 4.74 Å². The first-order valence-corrected chi connectivity index (χ1v) is 4.20. The number of nitrogens with two attached hydrogens (primary N) is 1. The minimum absolute atomic E-state index is 0.350. The molecule has 0 spiro atoms. The molecule has 0 saturated carbocycles. The van der Waals surface area contributed by atoms with E-state index in [1.807, 2.05) is 0 Å². The molecule has 0 amide bonds. The van der Waals surface area contributed by atoms with Gasteiger partial charge in [0.1, 0.15) is 0 Å². The zero-order valence-electron chi connectivity index (χ0n) is 6.68. The highest BCUT2D eigenvalue weighted by atomic mass is 16.5. The van der Waals surface area contributed by atoms with Gasteiger partial charge in [0.05, 0.1) is 6.10 Å². The molecule has 0 radical (unpaired) electrons. The number of hydrogen-bond acceptors (Lipinski definition) is 2. The van der Waals surface area contributed by atoms with Crippen molar-refractivity contribution in [1.82, 2.24) is 0 Å². The second kappa shape index (κ2) is 3.94. The average Bonchev–Trinajstić information content (AvgIpc) is 2.40. The van der Waals surface area contributed by atoms with Crippen molar-refractivity contribution < 1.29 is 4.74 Å².